The summed E-state index contributed by atoms with van der Waals surface area (Å²) in [5.41, 5.74) is 0. The van der Waals surface area contributed by atoms with Crippen LogP contribution in [0.1, 0.15) is 46.0 Å². The number of carboxylic acid groups (broad SMARTS) is 1. The molecule has 2 rings (SSSR count). The van der Waals surface area contributed by atoms with Crippen molar-refractivity contribution in [3.8, 4) is 5.88 Å². The Morgan fingerprint density at radius 2 is 2.29 bits per heavy atom. The molecule has 1 aliphatic rings. The highest BCUT2D eigenvalue weighted by Crippen LogP contribution is 2.26. The van der Waals surface area contributed by atoms with Crippen LogP contribution in [0.4, 0.5) is 5.82 Å². The molecule has 0 aromatic carbocycles. The van der Waals surface area contributed by atoms with Gasteiger partial charge in [-0.1, -0.05) is 0 Å². The summed E-state index contributed by atoms with van der Waals surface area (Å²) >= 11 is 0. The highest BCUT2D eigenvalue weighted by Gasteiger charge is 2.24. The van der Waals surface area contributed by atoms with E-state index in [1.165, 1.54) is 0 Å². The zero-order valence-electron chi connectivity index (χ0n) is 12.7. The van der Waals surface area contributed by atoms with Crippen molar-refractivity contribution in [2.75, 3.05) is 11.4 Å². The summed E-state index contributed by atoms with van der Waals surface area (Å²) in [6, 6.07) is 0.221. The van der Waals surface area contributed by atoms with Gasteiger partial charge < -0.3 is 14.7 Å². The lowest BCUT2D eigenvalue weighted by Crippen LogP contribution is -2.40. The fourth-order valence-electron chi connectivity index (χ4n) is 2.67. The molecule has 21 heavy (non-hydrogen) atoms. The van der Waals surface area contributed by atoms with E-state index in [9.17, 15) is 4.79 Å². The van der Waals surface area contributed by atoms with E-state index in [1.54, 1.807) is 12.4 Å². The molecular formula is C15H23N3O3. The summed E-state index contributed by atoms with van der Waals surface area (Å²) in [4.78, 5) is 21.7. The van der Waals surface area contributed by atoms with Crippen molar-refractivity contribution >= 4 is 11.8 Å². The van der Waals surface area contributed by atoms with E-state index in [0.29, 0.717) is 12.3 Å². The topological polar surface area (TPSA) is 75.5 Å². The Hall–Kier alpha value is -1.85. The van der Waals surface area contributed by atoms with Crippen LogP contribution < -0.4 is 9.64 Å². The van der Waals surface area contributed by atoms with E-state index in [0.717, 1.165) is 31.6 Å². The van der Waals surface area contributed by atoms with Crippen molar-refractivity contribution in [3.05, 3.63) is 12.4 Å². The molecule has 0 bridgehead atoms. The van der Waals surface area contributed by atoms with Gasteiger partial charge in [-0.2, -0.15) is 4.98 Å². The molecule has 1 aromatic rings. The predicted octanol–water partition coefficient (Wildman–Crippen LogP) is 2.49. The lowest BCUT2D eigenvalue weighted by atomic mass is 9.98. The fourth-order valence-corrected chi connectivity index (χ4v) is 2.67. The van der Waals surface area contributed by atoms with Crippen molar-refractivity contribution in [2.24, 2.45) is 0 Å². The third-order valence-corrected chi connectivity index (χ3v) is 3.57. The monoisotopic (exact) mass is 293 g/mol. The molecule has 1 aliphatic heterocycles. The largest absolute Gasteiger partial charge is 0.481 e. The Morgan fingerprint density at radius 3 is 3.00 bits per heavy atom. The van der Waals surface area contributed by atoms with E-state index in [2.05, 4.69) is 14.9 Å². The number of aliphatic carboxylic acids is 1. The number of ether oxygens (including phenoxy) is 1. The molecule has 0 saturated carbocycles. The van der Waals surface area contributed by atoms with Gasteiger partial charge in [0.15, 0.2) is 5.82 Å². The first-order chi connectivity index (χ1) is 10.1. The maximum atomic E-state index is 10.8. The summed E-state index contributed by atoms with van der Waals surface area (Å²) in [5, 5.41) is 8.88. The highest BCUT2D eigenvalue weighted by atomic mass is 16.5. The number of piperidine rings is 1. The Balaban J connectivity index is 2.10. The first-order valence-corrected chi connectivity index (χ1v) is 7.53. The third-order valence-electron chi connectivity index (χ3n) is 3.57. The summed E-state index contributed by atoms with van der Waals surface area (Å²) in [5.74, 6) is 0.553. The maximum absolute atomic E-state index is 10.8. The second-order valence-electron chi connectivity index (χ2n) is 5.66. The summed E-state index contributed by atoms with van der Waals surface area (Å²) in [6.07, 6.45) is 7.47. The van der Waals surface area contributed by atoms with Crippen LogP contribution >= 0.6 is 0 Å². The van der Waals surface area contributed by atoms with E-state index >= 15 is 0 Å². The summed E-state index contributed by atoms with van der Waals surface area (Å²) in [6.45, 7) is 4.79. The predicted molar refractivity (Wildman–Crippen MR) is 79.7 cm³/mol. The van der Waals surface area contributed by atoms with Crippen molar-refractivity contribution in [1.29, 1.82) is 0 Å². The van der Waals surface area contributed by atoms with Gasteiger partial charge in [-0.05, 0) is 39.5 Å². The zero-order valence-corrected chi connectivity index (χ0v) is 12.7. The average Bonchev–Trinajstić information content (AvgIpc) is 2.45. The van der Waals surface area contributed by atoms with Gasteiger partial charge >= 0.3 is 5.97 Å². The normalized spacial score (nSPS) is 18.8. The molecule has 0 amide bonds. The Bertz CT molecular complexity index is 479. The van der Waals surface area contributed by atoms with Crippen LogP contribution in [0.5, 0.6) is 5.88 Å². The molecule has 1 fully saturated rings. The van der Waals surface area contributed by atoms with E-state index in [1.807, 2.05) is 13.8 Å². The Kier molecular flexibility index (Phi) is 5.36. The molecule has 1 aromatic heterocycles. The van der Waals surface area contributed by atoms with Crippen LogP contribution in [0, 0.1) is 0 Å². The molecule has 0 aliphatic carbocycles. The van der Waals surface area contributed by atoms with Crippen LogP contribution in [0.2, 0.25) is 0 Å². The minimum atomic E-state index is -0.747. The molecule has 0 spiro atoms. The van der Waals surface area contributed by atoms with Crippen molar-refractivity contribution < 1.29 is 14.6 Å². The van der Waals surface area contributed by atoms with Crippen LogP contribution in [-0.4, -0.2) is 39.7 Å². The number of carboxylic acids is 1. The van der Waals surface area contributed by atoms with Gasteiger partial charge in [0.25, 0.3) is 0 Å². The van der Waals surface area contributed by atoms with E-state index < -0.39 is 5.97 Å². The van der Waals surface area contributed by atoms with Crippen molar-refractivity contribution in [2.45, 2.75) is 58.1 Å². The minimum Gasteiger partial charge on any atom is -0.481 e. The number of nitrogens with zero attached hydrogens (tertiary/aromatic N) is 3. The molecule has 6 nitrogen and oxygen atoms in total. The molecule has 1 unspecified atom stereocenters. The first kappa shape index (κ1) is 15.5. The maximum Gasteiger partial charge on any atom is 0.303 e. The van der Waals surface area contributed by atoms with Crippen molar-refractivity contribution in [1.82, 2.24) is 9.97 Å². The first-order valence-electron chi connectivity index (χ1n) is 7.53. The Labute approximate surface area is 125 Å². The van der Waals surface area contributed by atoms with Crippen LogP contribution in [0.15, 0.2) is 12.4 Å². The van der Waals surface area contributed by atoms with Gasteiger partial charge in [-0.15, -0.1) is 0 Å². The molecular weight excluding hydrogens is 270 g/mol. The summed E-state index contributed by atoms with van der Waals surface area (Å²) in [7, 11) is 0. The smallest absolute Gasteiger partial charge is 0.303 e. The van der Waals surface area contributed by atoms with Crippen LogP contribution in [0.3, 0.4) is 0 Å². The van der Waals surface area contributed by atoms with Crippen molar-refractivity contribution in [3.63, 3.8) is 0 Å². The van der Waals surface area contributed by atoms with E-state index in [-0.39, 0.29) is 18.6 Å². The Morgan fingerprint density at radius 1 is 1.48 bits per heavy atom. The number of rotatable bonds is 6. The minimum absolute atomic E-state index is 0.0544. The number of hydrogen-bond donors (Lipinski definition) is 1. The van der Waals surface area contributed by atoms with Gasteiger partial charge in [-0.3, -0.25) is 9.78 Å². The number of anilines is 1. The lowest BCUT2D eigenvalue weighted by molar-refractivity contribution is -0.137. The number of carbonyl (C=O) groups is 1. The molecule has 0 radical (unpaired) electrons. The van der Waals surface area contributed by atoms with Crippen LogP contribution in [0.25, 0.3) is 0 Å². The van der Waals surface area contributed by atoms with Gasteiger partial charge in [0.05, 0.1) is 18.5 Å². The summed E-state index contributed by atoms with van der Waals surface area (Å²) < 4.78 is 5.58. The molecule has 1 saturated heterocycles. The molecule has 1 N–H and O–H groups in total. The quantitative estimate of drug-likeness (QED) is 0.868. The number of aromatic nitrogens is 2. The number of hydrogen-bond acceptors (Lipinski definition) is 5. The lowest BCUT2D eigenvalue weighted by Gasteiger charge is -2.36. The second kappa shape index (κ2) is 7.24. The van der Waals surface area contributed by atoms with Crippen LogP contribution in [-0.2, 0) is 4.79 Å². The zero-order chi connectivity index (χ0) is 15.2. The highest BCUT2D eigenvalue weighted by molar-refractivity contribution is 5.66. The van der Waals surface area contributed by atoms with Gasteiger partial charge in [0.1, 0.15) is 0 Å². The SMILES string of the molecule is CC(C)Oc1cncc(N2CCCCC2CCC(=O)O)n1. The van der Waals surface area contributed by atoms with Gasteiger partial charge in [0.2, 0.25) is 5.88 Å². The molecule has 2 heterocycles. The standard InChI is InChI=1S/C15H23N3O3/c1-11(2)21-14-10-16-9-13(17-14)18-8-4-3-5-12(18)6-7-15(19)20/h9-12H,3-8H2,1-2H3,(H,19,20). The van der Waals surface area contributed by atoms with E-state index in [4.69, 9.17) is 9.84 Å². The van der Waals surface area contributed by atoms with Gasteiger partial charge in [0, 0.05) is 19.0 Å². The fraction of sp³-hybridized carbons (Fsp3) is 0.667. The second-order valence-corrected chi connectivity index (χ2v) is 5.66. The molecule has 6 heteroatoms. The third kappa shape index (κ3) is 4.58. The molecule has 116 valence electrons. The van der Waals surface area contributed by atoms with Gasteiger partial charge in [-0.25, -0.2) is 0 Å². The molecule has 1 atom stereocenters. The average molecular weight is 293 g/mol.